The van der Waals surface area contributed by atoms with Crippen LogP contribution >= 0.6 is 22.7 Å². The Bertz CT molecular complexity index is 1280. The van der Waals surface area contributed by atoms with Crippen molar-refractivity contribution in [2.24, 2.45) is 0 Å². The van der Waals surface area contributed by atoms with Crippen LogP contribution in [-0.2, 0) is 17.6 Å². The van der Waals surface area contributed by atoms with Gasteiger partial charge >= 0.3 is 0 Å². The Morgan fingerprint density at radius 1 is 1.21 bits per heavy atom. The minimum Gasteiger partial charge on any atom is -0.361 e. The van der Waals surface area contributed by atoms with Crippen LogP contribution in [0.1, 0.15) is 51.8 Å². The number of aromatic nitrogens is 4. The van der Waals surface area contributed by atoms with E-state index in [4.69, 9.17) is 0 Å². The minimum atomic E-state index is -0.261. The number of fused-ring (bicyclic) bond motifs is 1. The van der Waals surface area contributed by atoms with E-state index in [1.165, 1.54) is 22.7 Å². The number of rotatable bonds is 6. The van der Waals surface area contributed by atoms with E-state index in [9.17, 15) is 9.59 Å². The van der Waals surface area contributed by atoms with Crippen LogP contribution in [0.15, 0.2) is 35.8 Å². The predicted molar refractivity (Wildman–Crippen MR) is 130 cm³/mol. The summed E-state index contributed by atoms with van der Waals surface area (Å²) in [4.78, 5) is 35.1. The molecule has 0 spiro atoms. The molecule has 10 heteroatoms. The Kier molecular flexibility index (Phi) is 6.19. The van der Waals surface area contributed by atoms with Crippen molar-refractivity contribution in [3.63, 3.8) is 0 Å². The van der Waals surface area contributed by atoms with E-state index in [0.29, 0.717) is 30.3 Å². The summed E-state index contributed by atoms with van der Waals surface area (Å²) in [6.45, 7) is 3.41. The highest BCUT2D eigenvalue weighted by molar-refractivity contribution is 7.15. The monoisotopic (exact) mass is 480 g/mol. The second kappa shape index (κ2) is 9.40. The summed E-state index contributed by atoms with van der Waals surface area (Å²) in [7, 11) is 0. The summed E-state index contributed by atoms with van der Waals surface area (Å²) >= 11 is 2.88. The molecule has 1 fully saturated rings. The molecule has 0 saturated carbocycles. The molecular formula is C23H24N6O2S2. The van der Waals surface area contributed by atoms with Crippen molar-refractivity contribution >= 4 is 50.5 Å². The number of hydrogen-bond acceptors (Lipinski definition) is 7. The Balaban J connectivity index is 1.16. The summed E-state index contributed by atoms with van der Waals surface area (Å²) in [6, 6.07) is 8.05. The fourth-order valence-corrected chi connectivity index (χ4v) is 5.76. The van der Waals surface area contributed by atoms with Crippen LogP contribution in [0, 0.1) is 0 Å². The quantitative estimate of drug-likeness (QED) is 0.430. The SMILES string of the molecule is CCc1nnc(NC(=O)c2csc(C3CCN(C(=O)Cc4c[nH]c5ccccc45)CC3)n2)s1. The number of nitrogens with zero attached hydrogens (tertiary/aromatic N) is 4. The predicted octanol–water partition coefficient (Wildman–Crippen LogP) is 4.24. The third kappa shape index (κ3) is 4.67. The summed E-state index contributed by atoms with van der Waals surface area (Å²) in [5.74, 6) is 0.158. The zero-order chi connectivity index (χ0) is 22.8. The number of likely N-dealkylation sites (tertiary alicyclic amines) is 1. The number of para-hydroxylation sites is 1. The second-order valence-corrected chi connectivity index (χ2v) is 10.0. The molecule has 33 heavy (non-hydrogen) atoms. The molecule has 1 saturated heterocycles. The van der Waals surface area contributed by atoms with Crippen LogP contribution < -0.4 is 5.32 Å². The van der Waals surface area contributed by atoms with Gasteiger partial charge in [-0.2, -0.15) is 0 Å². The lowest BCUT2D eigenvalue weighted by Gasteiger charge is -2.31. The molecule has 0 radical (unpaired) electrons. The van der Waals surface area contributed by atoms with E-state index < -0.39 is 0 Å². The van der Waals surface area contributed by atoms with Crippen LogP contribution in [0.5, 0.6) is 0 Å². The number of thiazole rings is 1. The largest absolute Gasteiger partial charge is 0.361 e. The van der Waals surface area contributed by atoms with Gasteiger partial charge in [0.05, 0.1) is 11.4 Å². The number of benzene rings is 1. The fraction of sp³-hybridized carbons (Fsp3) is 0.348. The van der Waals surface area contributed by atoms with E-state index >= 15 is 0 Å². The first-order valence-electron chi connectivity index (χ1n) is 11.0. The molecule has 0 aliphatic carbocycles. The van der Waals surface area contributed by atoms with Crippen molar-refractivity contribution < 1.29 is 9.59 Å². The maximum Gasteiger partial charge on any atom is 0.276 e. The molecule has 0 unspecified atom stereocenters. The van der Waals surface area contributed by atoms with Gasteiger partial charge in [-0.15, -0.1) is 21.5 Å². The molecule has 4 heterocycles. The van der Waals surface area contributed by atoms with Crippen molar-refractivity contribution in [3.05, 3.63) is 57.1 Å². The van der Waals surface area contributed by atoms with Gasteiger partial charge in [0.1, 0.15) is 10.7 Å². The van der Waals surface area contributed by atoms with Gasteiger partial charge in [0.25, 0.3) is 5.91 Å². The topological polar surface area (TPSA) is 104 Å². The number of amides is 2. The van der Waals surface area contributed by atoms with Gasteiger partial charge in [-0.05, 0) is 30.9 Å². The highest BCUT2D eigenvalue weighted by atomic mass is 32.1. The second-order valence-electron chi connectivity index (χ2n) is 8.07. The first-order valence-corrected chi connectivity index (χ1v) is 12.7. The lowest BCUT2D eigenvalue weighted by Crippen LogP contribution is -2.38. The van der Waals surface area contributed by atoms with Gasteiger partial charge < -0.3 is 9.88 Å². The first kappa shape index (κ1) is 21.7. The number of H-pyrrole nitrogens is 1. The van der Waals surface area contributed by atoms with Gasteiger partial charge in [0, 0.05) is 41.5 Å². The maximum absolute atomic E-state index is 12.9. The number of carbonyl (C=O) groups is 2. The van der Waals surface area contributed by atoms with Crippen molar-refractivity contribution in [3.8, 4) is 0 Å². The molecule has 0 bridgehead atoms. The lowest BCUT2D eigenvalue weighted by atomic mass is 9.97. The van der Waals surface area contributed by atoms with E-state index in [1.54, 1.807) is 5.38 Å². The summed E-state index contributed by atoms with van der Waals surface area (Å²) in [5.41, 5.74) is 2.50. The Morgan fingerprint density at radius 3 is 2.82 bits per heavy atom. The zero-order valence-electron chi connectivity index (χ0n) is 18.2. The minimum absolute atomic E-state index is 0.154. The molecule has 3 aromatic heterocycles. The fourth-order valence-electron chi connectivity index (χ4n) is 4.12. The summed E-state index contributed by atoms with van der Waals surface area (Å²) < 4.78 is 0. The highest BCUT2D eigenvalue weighted by Crippen LogP contribution is 2.31. The standard InChI is InChI=1S/C23H24N6O2S2/c1-2-19-27-28-23(33-19)26-21(31)18-13-32-22(25-18)14-7-9-29(10-8-14)20(30)11-15-12-24-17-6-4-3-5-16(15)17/h3-6,12-14,24H,2,7-11H2,1H3,(H,26,28,31). The van der Waals surface area contributed by atoms with Gasteiger partial charge in [-0.3, -0.25) is 14.9 Å². The van der Waals surface area contributed by atoms with Crippen LogP contribution in [0.2, 0.25) is 0 Å². The Hall–Kier alpha value is -3.11. The van der Waals surface area contributed by atoms with Crippen LogP contribution in [0.4, 0.5) is 5.13 Å². The molecule has 8 nitrogen and oxygen atoms in total. The summed E-state index contributed by atoms with van der Waals surface area (Å²) in [6.07, 6.45) is 4.83. The number of aryl methyl sites for hydroxylation is 1. The molecule has 2 N–H and O–H groups in total. The van der Waals surface area contributed by atoms with E-state index in [1.807, 2.05) is 42.3 Å². The average Bonchev–Trinajstić information content (AvgIpc) is 3.59. The van der Waals surface area contributed by atoms with E-state index in [0.717, 1.165) is 45.7 Å². The molecule has 170 valence electrons. The maximum atomic E-state index is 12.9. The number of hydrogen-bond donors (Lipinski definition) is 2. The normalized spacial score (nSPS) is 14.6. The van der Waals surface area contributed by atoms with Crippen LogP contribution in [0.3, 0.4) is 0 Å². The molecule has 2 amide bonds. The van der Waals surface area contributed by atoms with E-state index in [2.05, 4.69) is 25.5 Å². The zero-order valence-corrected chi connectivity index (χ0v) is 19.8. The lowest BCUT2D eigenvalue weighted by molar-refractivity contribution is -0.131. The van der Waals surface area contributed by atoms with Gasteiger partial charge in [-0.1, -0.05) is 36.5 Å². The smallest absolute Gasteiger partial charge is 0.276 e. The van der Waals surface area contributed by atoms with Gasteiger partial charge in [0.15, 0.2) is 0 Å². The van der Waals surface area contributed by atoms with Crippen molar-refractivity contribution in [2.45, 2.75) is 38.5 Å². The summed E-state index contributed by atoms with van der Waals surface area (Å²) in [5, 5.41) is 16.0. The van der Waals surface area contributed by atoms with E-state index in [-0.39, 0.29) is 17.7 Å². The molecule has 1 aromatic carbocycles. The third-order valence-electron chi connectivity index (χ3n) is 5.96. The van der Waals surface area contributed by atoms with Gasteiger partial charge in [-0.25, -0.2) is 4.98 Å². The number of piperidine rings is 1. The average molecular weight is 481 g/mol. The molecular weight excluding hydrogens is 456 g/mol. The molecule has 0 atom stereocenters. The number of aromatic amines is 1. The van der Waals surface area contributed by atoms with Crippen molar-refractivity contribution in [1.82, 2.24) is 25.1 Å². The van der Waals surface area contributed by atoms with Crippen molar-refractivity contribution in [2.75, 3.05) is 18.4 Å². The Labute approximate surface area is 199 Å². The molecule has 4 aromatic rings. The third-order valence-corrected chi connectivity index (χ3v) is 7.95. The van der Waals surface area contributed by atoms with Gasteiger partial charge in [0.2, 0.25) is 11.0 Å². The molecule has 1 aliphatic rings. The number of anilines is 1. The Morgan fingerprint density at radius 2 is 2.03 bits per heavy atom. The molecule has 5 rings (SSSR count). The van der Waals surface area contributed by atoms with Crippen molar-refractivity contribution in [1.29, 1.82) is 0 Å². The first-order chi connectivity index (χ1) is 16.1. The number of carbonyl (C=O) groups excluding carboxylic acids is 2. The van der Waals surface area contributed by atoms with Crippen LogP contribution in [0.25, 0.3) is 10.9 Å². The van der Waals surface area contributed by atoms with Crippen LogP contribution in [-0.4, -0.2) is 50.0 Å². The highest BCUT2D eigenvalue weighted by Gasteiger charge is 2.27. The number of nitrogens with one attached hydrogen (secondary N) is 2. The molecule has 1 aliphatic heterocycles.